The molecular formula is C23H34O3. The topological polar surface area (TPSA) is 57.5 Å². The first-order valence-corrected chi connectivity index (χ1v) is 10.3. The molecule has 3 aliphatic carbocycles. The highest BCUT2D eigenvalue weighted by Gasteiger charge is 2.50. The van der Waals surface area contributed by atoms with Gasteiger partial charge in [0.1, 0.15) is 0 Å². The summed E-state index contributed by atoms with van der Waals surface area (Å²) in [5.74, 6) is 0.659. The fourth-order valence-corrected chi connectivity index (χ4v) is 6.03. The summed E-state index contributed by atoms with van der Waals surface area (Å²) in [6.07, 6.45) is 12.9. The Bertz CT molecular complexity index is 629. The molecule has 0 bridgehead atoms. The molecular weight excluding hydrogens is 324 g/mol. The second kappa shape index (κ2) is 7.72. The van der Waals surface area contributed by atoms with E-state index < -0.39 is 5.97 Å². The van der Waals surface area contributed by atoms with Crippen LogP contribution in [0.15, 0.2) is 35.5 Å². The normalized spacial score (nSPS) is 39.2. The molecule has 0 saturated heterocycles. The van der Waals surface area contributed by atoms with Crippen LogP contribution < -0.4 is 0 Å². The van der Waals surface area contributed by atoms with Gasteiger partial charge in [-0.1, -0.05) is 43.7 Å². The summed E-state index contributed by atoms with van der Waals surface area (Å²) >= 11 is 0. The molecule has 144 valence electrons. The number of hydrogen-bond donors (Lipinski definition) is 2. The highest BCUT2D eigenvalue weighted by atomic mass is 16.4. The highest BCUT2D eigenvalue weighted by Crippen LogP contribution is 2.59. The molecule has 0 radical (unpaired) electrons. The Kier molecular flexibility index (Phi) is 5.76. The van der Waals surface area contributed by atoms with Crippen LogP contribution in [0.5, 0.6) is 0 Å². The average molecular weight is 359 g/mol. The molecule has 3 saturated carbocycles. The number of carboxylic acids is 1. The van der Waals surface area contributed by atoms with Gasteiger partial charge in [0.05, 0.1) is 6.10 Å². The zero-order chi connectivity index (χ0) is 18.9. The molecule has 26 heavy (non-hydrogen) atoms. The Morgan fingerprint density at radius 2 is 2.08 bits per heavy atom. The van der Waals surface area contributed by atoms with E-state index >= 15 is 0 Å². The maximum Gasteiger partial charge on any atom is 0.303 e. The smallest absolute Gasteiger partial charge is 0.303 e. The summed E-state index contributed by atoms with van der Waals surface area (Å²) in [6.45, 7) is 8.70. The summed E-state index contributed by atoms with van der Waals surface area (Å²) in [7, 11) is 0. The van der Waals surface area contributed by atoms with Gasteiger partial charge in [0.15, 0.2) is 0 Å². The Hall–Kier alpha value is -1.35. The molecule has 3 rings (SSSR count). The van der Waals surface area contributed by atoms with E-state index in [4.69, 9.17) is 0 Å². The Morgan fingerprint density at radius 3 is 2.81 bits per heavy atom. The van der Waals surface area contributed by atoms with Crippen LogP contribution in [-0.2, 0) is 4.79 Å². The second-order valence-electron chi connectivity index (χ2n) is 9.10. The predicted molar refractivity (Wildman–Crippen MR) is 105 cm³/mol. The summed E-state index contributed by atoms with van der Waals surface area (Å²) < 4.78 is 0. The van der Waals surface area contributed by atoms with Gasteiger partial charge in [-0.3, -0.25) is 4.79 Å². The molecule has 0 aromatic heterocycles. The molecule has 0 amide bonds. The number of aliphatic hydroxyl groups is 1. The molecule has 5 atom stereocenters. The SMILES string of the molecule is C=C1CCC(O)CC1=CC=C1CCCC2(C)C1CCC2C(C)CC(=O)O. The van der Waals surface area contributed by atoms with Crippen molar-refractivity contribution in [2.75, 3.05) is 0 Å². The maximum absolute atomic E-state index is 11.2. The van der Waals surface area contributed by atoms with Crippen LogP contribution in [0, 0.1) is 23.2 Å². The molecule has 0 spiro atoms. The van der Waals surface area contributed by atoms with E-state index in [0.29, 0.717) is 11.8 Å². The quantitative estimate of drug-likeness (QED) is 0.720. The molecule has 0 aromatic carbocycles. The fourth-order valence-electron chi connectivity index (χ4n) is 6.03. The zero-order valence-corrected chi connectivity index (χ0v) is 16.3. The summed E-state index contributed by atoms with van der Waals surface area (Å²) in [5.41, 5.74) is 4.15. The van der Waals surface area contributed by atoms with Crippen LogP contribution in [0.1, 0.15) is 71.6 Å². The van der Waals surface area contributed by atoms with Crippen LogP contribution in [0.3, 0.4) is 0 Å². The maximum atomic E-state index is 11.2. The first-order chi connectivity index (χ1) is 12.3. The summed E-state index contributed by atoms with van der Waals surface area (Å²) in [5, 5.41) is 19.1. The lowest BCUT2D eigenvalue weighted by Gasteiger charge is -2.44. The monoisotopic (exact) mass is 358 g/mol. The minimum absolute atomic E-state index is 0.227. The van der Waals surface area contributed by atoms with E-state index in [1.54, 1.807) is 0 Å². The van der Waals surface area contributed by atoms with Crippen molar-refractivity contribution in [2.45, 2.75) is 77.7 Å². The van der Waals surface area contributed by atoms with Gasteiger partial charge in [-0.15, -0.1) is 0 Å². The number of hydrogen-bond acceptors (Lipinski definition) is 2. The van der Waals surface area contributed by atoms with Crippen LogP contribution in [0.2, 0.25) is 0 Å². The number of allylic oxidation sites excluding steroid dienone is 4. The van der Waals surface area contributed by atoms with Crippen molar-refractivity contribution in [3.8, 4) is 0 Å². The van der Waals surface area contributed by atoms with Gasteiger partial charge >= 0.3 is 5.97 Å². The number of aliphatic carboxylic acids is 1. The van der Waals surface area contributed by atoms with Crippen molar-refractivity contribution in [2.24, 2.45) is 23.2 Å². The third-order valence-corrected chi connectivity index (χ3v) is 7.41. The third kappa shape index (κ3) is 3.83. The van der Waals surface area contributed by atoms with E-state index in [1.807, 2.05) is 0 Å². The highest BCUT2D eigenvalue weighted by molar-refractivity contribution is 5.67. The molecule has 3 nitrogen and oxygen atoms in total. The second-order valence-corrected chi connectivity index (χ2v) is 9.10. The van der Waals surface area contributed by atoms with Crippen molar-refractivity contribution in [1.29, 1.82) is 0 Å². The lowest BCUT2D eigenvalue weighted by atomic mass is 9.61. The van der Waals surface area contributed by atoms with E-state index in [2.05, 4.69) is 32.6 Å². The Morgan fingerprint density at radius 1 is 1.31 bits per heavy atom. The number of aliphatic hydroxyl groups excluding tert-OH is 1. The molecule has 3 heteroatoms. The fraction of sp³-hybridized carbons (Fsp3) is 0.696. The van der Waals surface area contributed by atoms with Gasteiger partial charge < -0.3 is 10.2 Å². The van der Waals surface area contributed by atoms with Crippen LogP contribution in [0.25, 0.3) is 0 Å². The molecule has 3 fully saturated rings. The van der Waals surface area contributed by atoms with Gasteiger partial charge in [0.2, 0.25) is 0 Å². The first-order valence-electron chi connectivity index (χ1n) is 10.3. The predicted octanol–water partition coefficient (Wildman–Crippen LogP) is 5.27. The zero-order valence-electron chi connectivity index (χ0n) is 16.3. The standard InChI is InChI=1S/C23H34O3/c1-15-6-9-19(24)14-18(15)8-7-17-5-4-12-23(3)20(10-11-21(17)23)16(2)13-22(25)26/h7-8,16,19-21,24H,1,4-6,9-14H2,2-3H3,(H,25,26). The first kappa shape index (κ1) is 19.4. The Balaban J connectivity index is 1.79. The van der Waals surface area contributed by atoms with Crippen molar-refractivity contribution >= 4 is 5.97 Å². The molecule has 2 N–H and O–H groups in total. The van der Waals surface area contributed by atoms with Crippen LogP contribution in [0.4, 0.5) is 0 Å². The number of carboxylic acid groups (broad SMARTS) is 1. The summed E-state index contributed by atoms with van der Waals surface area (Å²) in [6, 6.07) is 0. The van der Waals surface area contributed by atoms with E-state index in [9.17, 15) is 15.0 Å². The number of carbonyl (C=O) groups is 1. The van der Waals surface area contributed by atoms with Crippen LogP contribution in [-0.4, -0.2) is 22.3 Å². The van der Waals surface area contributed by atoms with Gasteiger partial charge in [-0.25, -0.2) is 0 Å². The molecule has 0 aliphatic heterocycles. The largest absolute Gasteiger partial charge is 0.481 e. The van der Waals surface area contributed by atoms with Crippen molar-refractivity contribution in [3.05, 3.63) is 35.5 Å². The number of fused-ring (bicyclic) bond motifs is 1. The van der Waals surface area contributed by atoms with Crippen molar-refractivity contribution in [3.63, 3.8) is 0 Å². The molecule has 3 aliphatic rings. The summed E-state index contributed by atoms with van der Waals surface area (Å²) in [4.78, 5) is 11.2. The third-order valence-electron chi connectivity index (χ3n) is 7.41. The van der Waals surface area contributed by atoms with Crippen molar-refractivity contribution < 1.29 is 15.0 Å². The lowest BCUT2D eigenvalue weighted by Crippen LogP contribution is -2.36. The number of rotatable bonds is 4. The minimum Gasteiger partial charge on any atom is -0.481 e. The minimum atomic E-state index is -0.671. The average Bonchev–Trinajstić information content (AvgIpc) is 2.92. The van der Waals surface area contributed by atoms with E-state index in [0.717, 1.165) is 32.1 Å². The molecule has 5 unspecified atom stereocenters. The van der Waals surface area contributed by atoms with Gasteiger partial charge in [0.25, 0.3) is 0 Å². The van der Waals surface area contributed by atoms with Gasteiger partial charge in [-0.05, 0) is 80.1 Å². The van der Waals surface area contributed by atoms with Crippen LogP contribution >= 0.6 is 0 Å². The molecule has 0 aromatic rings. The van der Waals surface area contributed by atoms with E-state index in [1.165, 1.54) is 36.0 Å². The molecule has 0 heterocycles. The van der Waals surface area contributed by atoms with Crippen molar-refractivity contribution in [1.82, 2.24) is 0 Å². The van der Waals surface area contributed by atoms with E-state index in [-0.39, 0.29) is 23.9 Å². The van der Waals surface area contributed by atoms with Gasteiger partial charge in [0, 0.05) is 6.42 Å². The Labute approximate surface area is 157 Å². The lowest BCUT2D eigenvalue weighted by molar-refractivity contribution is -0.138. The van der Waals surface area contributed by atoms with Gasteiger partial charge in [-0.2, -0.15) is 0 Å².